The summed E-state index contributed by atoms with van der Waals surface area (Å²) in [5.74, 6) is 0.974. The molecule has 2 heteroatoms. The zero-order valence-corrected chi connectivity index (χ0v) is 5.58. The monoisotopic (exact) mass is 127 g/mol. The van der Waals surface area contributed by atoms with Crippen LogP contribution in [0.2, 0.25) is 0 Å². The molecule has 0 aliphatic heterocycles. The van der Waals surface area contributed by atoms with Gasteiger partial charge in [0.2, 0.25) is 0 Å². The van der Waals surface area contributed by atoms with Crippen LogP contribution in [0.15, 0.2) is 4.99 Å². The molecule has 1 aliphatic carbocycles. The van der Waals surface area contributed by atoms with E-state index in [1.54, 1.807) is 0 Å². The highest BCUT2D eigenvalue weighted by Crippen LogP contribution is 2.31. The molecular formula is C6H9NS. The van der Waals surface area contributed by atoms with Crippen LogP contribution >= 0.6 is 12.2 Å². The lowest BCUT2D eigenvalue weighted by molar-refractivity contribution is 0.742. The van der Waals surface area contributed by atoms with Crippen LogP contribution < -0.4 is 0 Å². The van der Waals surface area contributed by atoms with Gasteiger partial charge in [-0.25, -0.2) is 4.99 Å². The van der Waals surface area contributed by atoms with Gasteiger partial charge in [0, 0.05) is 6.54 Å². The van der Waals surface area contributed by atoms with E-state index in [1.807, 2.05) is 0 Å². The Bertz CT molecular complexity index is 112. The second-order valence-corrected chi connectivity index (χ2v) is 2.39. The molecule has 44 valence electrons. The van der Waals surface area contributed by atoms with E-state index < -0.39 is 0 Å². The summed E-state index contributed by atoms with van der Waals surface area (Å²) in [5.41, 5.74) is 0. The van der Waals surface area contributed by atoms with Gasteiger partial charge in [-0.2, -0.15) is 0 Å². The molecular weight excluding hydrogens is 118 g/mol. The van der Waals surface area contributed by atoms with Crippen LogP contribution in [0.3, 0.4) is 0 Å². The number of rotatable bonds is 3. The summed E-state index contributed by atoms with van der Waals surface area (Å²) in [6.07, 6.45) is 4.05. The number of hydrogen-bond acceptors (Lipinski definition) is 2. The largest absolute Gasteiger partial charge is 0.233 e. The SMILES string of the molecule is S=C=NCCC1CC1. The van der Waals surface area contributed by atoms with Crippen molar-refractivity contribution in [3.8, 4) is 0 Å². The first-order valence-electron chi connectivity index (χ1n) is 2.97. The van der Waals surface area contributed by atoms with Crippen LogP contribution in [0.1, 0.15) is 19.3 Å². The van der Waals surface area contributed by atoms with Crippen LogP contribution in [-0.2, 0) is 0 Å². The van der Waals surface area contributed by atoms with Crippen molar-refractivity contribution >= 4 is 17.4 Å². The minimum atomic E-state index is 0.897. The van der Waals surface area contributed by atoms with Gasteiger partial charge in [0.15, 0.2) is 0 Å². The second kappa shape index (κ2) is 2.95. The van der Waals surface area contributed by atoms with E-state index in [1.165, 1.54) is 19.3 Å². The van der Waals surface area contributed by atoms with Gasteiger partial charge in [0.05, 0.1) is 5.16 Å². The molecule has 0 bridgehead atoms. The third-order valence-electron chi connectivity index (χ3n) is 1.41. The summed E-state index contributed by atoms with van der Waals surface area (Å²) >= 11 is 4.41. The Labute approximate surface area is 54.8 Å². The molecule has 1 rings (SSSR count). The van der Waals surface area contributed by atoms with Crippen molar-refractivity contribution in [1.29, 1.82) is 0 Å². The minimum Gasteiger partial charge on any atom is -0.233 e. The van der Waals surface area contributed by atoms with Crippen molar-refractivity contribution in [2.24, 2.45) is 10.9 Å². The predicted octanol–water partition coefficient (Wildman–Crippen LogP) is 1.89. The third-order valence-corrected chi connectivity index (χ3v) is 1.54. The van der Waals surface area contributed by atoms with Crippen LogP contribution in [0, 0.1) is 5.92 Å². The van der Waals surface area contributed by atoms with Crippen molar-refractivity contribution in [3.05, 3.63) is 0 Å². The summed E-state index contributed by atoms with van der Waals surface area (Å²) in [7, 11) is 0. The summed E-state index contributed by atoms with van der Waals surface area (Å²) < 4.78 is 0. The lowest BCUT2D eigenvalue weighted by Gasteiger charge is -1.84. The average molecular weight is 127 g/mol. The Morgan fingerprint density at radius 3 is 2.88 bits per heavy atom. The molecule has 1 aliphatic rings. The lowest BCUT2D eigenvalue weighted by Crippen LogP contribution is -1.79. The molecule has 0 aromatic rings. The Kier molecular flexibility index (Phi) is 2.19. The van der Waals surface area contributed by atoms with E-state index in [0.717, 1.165) is 12.5 Å². The molecule has 1 nitrogen and oxygen atoms in total. The molecule has 0 N–H and O–H groups in total. The Hall–Kier alpha value is -0.200. The molecule has 0 unspecified atom stereocenters. The number of isothiocyanates is 1. The first kappa shape index (κ1) is 5.93. The van der Waals surface area contributed by atoms with Gasteiger partial charge in [0.25, 0.3) is 0 Å². The summed E-state index contributed by atoms with van der Waals surface area (Å²) in [5, 5.41) is 2.36. The third kappa shape index (κ3) is 2.20. The summed E-state index contributed by atoms with van der Waals surface area (Å²) in [4.78, 5) is 3.82. The highest BCUT2D eigenvalue weighted by Gasteiger charge is 2.19. The van der Waals surface area contributed by atoms with E-state index in [-0.39, 0.29) is 0 Å². The highest BCUT2D eigenvalue weighted by molar-refractivity contribution is 7.78. The maximum Gasteiger partial charge on any atom is 0.0584 e. The Balaban J connectivity index is 1.95. The Morgan fingerprint density at radius 1 is 1.62 bits per heavy atom. The van der Waals surface area contributed by atoms with Crippen LogP contribution in [0.25, 0.3) is 0 Å². The average Bonchev–Trinajstić information content (AvgIpc) is 2.51. The van der Waals surface area contributed by atoms with E-state index in [2.05, 4.69) is 22.4 Å². The molecule has 0 aromatic carbocycles. The van der Waals surface area contributed by atoms with E-state index in [9.17, 15) is 0 Å². The molecule has 1 saturated carbocycles. The molecule has 0 radical (unpaired) electrons. The van der Waals surface area contributed by atoms with Crippen molar-refractivity contribution < 1.29 is 0 Å². The van der Waals surface area contributed by atoms with Crippen LogP contribution in [0.4, 0.5) is 0 Å². The molecule has 1 fully saturated rings. The fourth-order valence-corrected chi connectivity index (χ4v) is 0.791. The summed E-state index contributed by atoms with van der Waals surface area (Å²) in [6, 6.07) is 0. The molecule has 0 amide bonds. The number of hydrogen-bond donors (Lipinski definition) is 0. The molecule has 0 aromatic heterocycles. The molecule has 8 heavy (non-hydrogen) atoms. The predicted molar refractivity (Wildman–Crippen MR) is 37.2 cm³/mol. The first-order chi connectivity index (χ1) is 3.93. The van der Waals surface area contributed by atoms with Gasteiger partial charge in [-0.15, -0.1) is 0 Å². The zero-order chi connectivity index (χ0) is 5.82. The molecule has 0 atom stereocenters. The van der Waals surface area contributed by atoms with Crippen LogP contribution in [-0.4, -0.2) is 11.7 Å². The minimum absolute atomic E-state index is 0.897. The second-order valence-electron chi connectivity index (χ2n) is 2.21. The van der Waals surface area contributed by atoms with Gasteiger partial charge in [-0.05, 0) is 24.6 Å². The van der Waals surface area contributed by atoms with E-state index in [0.29, 0.717) is 0 Å². The van der Waals surface area contributed by atoms with Gasteiger partial charge in [-0.1, -0.05) is 12.8 Å². The fraction of sp³-hybridized carbons (Fsp3) is 0.833. The smallest absolute Gasteiger partial charge is 0.0584 e. The van der Waals surface area contributed by atoms with E-state index in [4.69, 9.17) is 0 Å². The van der Waals surface area contributed by atoms with Gasteiger partial charge < -0.3 is 0 Å². The maximum atomic E-state index is 4.41. The number of nitrogens with zero attached hydrogens (tertiary/aromatic N) is 1. The Morgan fingerprint density at radius 2 is 2.38 bits per heavy atom. The standard InChI is InChI=1S/C6H9NS/c8-5-7-4-3-6-1-2-6/h6H,1-4H2. The molecule has 0 spiro atoms. The lowest BCUT2D eigenvalue weighted by atomic mass is 10.3. The van der Waals surface area contributed by atoms with Crippen LogP contribution in [0.5, 0.6) is 0 Å². The van der Waals surface area contributed by atoms with Crippen molar-refractivity contribution in [2.75, 3.05) is 6.54 Å². The van der Waals surface area contributed by atoms with Crippen molar-refractivity contribution in [3.63, 3.8) is 0 Å². The maximum absolute atomic E-state index is 4.41. The molecule has 0 saturated heterocycles. The van der Waals surface area contributed by atoms with Crippen molar-refractivity contribution in [2.45, 2.75) is 19.3 Å². The normalized spacial score (nSPS) is 17.5. The number of thiocarbonyl (C=S) groups is 1. The topological polar surface area (TPSA) is 12.4 Å². The fourth-order valence-electron chi connectivity index (χ4n) is 0.699. The first-order valence-corrected chi connectivity index (χ1v) is 3.38. The summed E-state index contributed by atoms with van der Waals surface area (Å²) in [6.45, 7) is 0.897. The quantitative estimate of drug-likeness (QED) is 0.416. The zero-order valence-electron chi connectivity index (χ0n) is 4.76. The van der Waals surface area contributed by atoms with E-state index >= 15 is 0 Å². The molecule has 0 heterocycles. The van der Waals surface area contributed by atoms with Crippen molar-refractivity contribution in [1.82, 2.24) is 0 Å². The van der Waals surface area contributed by atoms with Gasteiger partial charge in [0.1, 0.15) is 0 Å². The number of aliphatic imine (C=N–C) groups is 1. The van der Waals surface area contributed by atoms with Gasteiger partial charge in [-0.3, -0.25) is 0 Å². The highest BCUT2D eigenvalue weighted by atomic mass is 32.1. The van der Waals surface area contributed by atoms with Gasteiger partial charge >= 0.3 is 0 Å².